The molecule has 24 nitrogen and oxygen atoms in total. The number of hydrogen-bond donors (Lipinski definition) is 7. The minimum Gasteiger partial charge on any atom is -0.508 e. The molecule has 3 amide bonds. The number of carbonyl (C=O) groups is 3. The molecule has 6 rings (SSSR count). The van der Waals surface area contributed by atoms with Gasteiger partial charge in [-0.25, -0.2) is 14.4 Å². The van der Waals surface area contributed by atoms with Gasteiger partial charge in [-0.3, -0.25) is 0 Å². The molecule has 0 aromatic heterocycles. The molecular weight excluding hydrogens is 2230 g/mol. The largest absolute Gasteiger partial charge is 0.508 e. The van der Waals surface area contributed by atoms with Crippen LogP contribution in [0.4, 0.5) is 107 Å². The van der Waals surface area contributed by atoms with E-state index >= 15 is 0 Å². The third-order valence-electron chi connectivity index (χ3n) is 20.1. The van der Waals surface area contributed by atoms with Gasteiger partial charge in [0.05, 0.1) is 86.9 Å². The second-order valence-electron chi connectivity index (χ2n) is 38.9. The van der Waals surface area contributed by atoms with E-state index in [1.54, 1.807) is 68.4 Å². The van der Waals surface area contributed by atoms with Crippen LogP contribution in [-0.4, -0.2) is 173 Å². The Bertz CT molecular complexity index is 5320. The summed E-state index contributed by atoms with van der Waals surface area (Å²) in [6.45, 7) is 51.1. The van der Waals surface area contributed by atoms with Gasteiger partial charge in [-0.05, 0) is 301 Å². The maximum Gasteiger partial charge on any atom is 0.416 e. The molecular formula is C95H131BBr2F21N5O19S2Si3. The monoisotopic (exact) mass is 2360 g/mol. The second kappa shape index (κ2) is 61.1. The molecule has 53 heteroatoms. The number of amides is 3. The van der Waals surface area contributed by atoms with Crippen molar-refractivity contribution in [2.24, 2.45) is 4.30 Å². The third kappa shape index (κ3) is 59.2. The number of halogens is 23. The fraction of sp³-hybridized carbons (Fsp3) is 0.558. The Balaban J connectivity index is 0. The number of alkyl halides is 21. The molecule has 6 aromatic carbocycles. The summed E-state index contributed by atoms with van der Waals surface area (Å²) in [5.74, 6) is 6.21. The maximum absolute atomic E-state index is 13.2. The molecule has 0 aliphatic heterocycles. The zero-order valence-corrected chi connectivity index (χ0v) is 94.3. The van der Waals surface area contributed by atoms with Crippen LogP contribution < -0.4 is 34.9 Å². The number of alkyl carbamates (subject to hydrolysis) is 3. The molecule has 838 valence electrons. The fourth-order valence-corrected chi connectivity index (χ4v) is 14.3. The quantitative estimate of drug-likeness (QED) is 0.00436. The van der Waals surface area contributed by atoms with Crippen LogP contribution in [0.2, 0.25) is 54.4 Å². The Hall–Kier alpha value is -8.91. The molecule has 0 heterocycles. The summed E-state index contributed by atoms with van der Waals surface area (Å²) in [5.41, 5.74) is -10.9. The van der Waals surface area contributed by atoms with Crippen molar-refractivity contribution in [2.45, 2.75) is 271 Å². The Morgan fingerprint density at radius 1 is 0.419 bits per heavy atom. The SMILES string of the molecule is CC#N.CC(C)(C)OC(=O)NCC#Cc1cc(C(F)(F)F)ccc1OCCO[Si](C)(C)C(C)(C)C.CC(C)(C)OC(=O)NCCCc1cc(C(F)(F)F)ccc1OCCO.CC(C)(C)OC(=O)NCCCc1cc(C(F)(F)F)ccc1OCCO[Si](C)(C)C(C)(C)C.CC(C)(C)[Si](C)(C)OCCOc1ccc(C(F)(F)F)cc1Br.O=S(=O)(B=NSO)C(F)(F)F.Oc1ccc(C(F)(F)F)cc1.Oc1ccc(C(F)(F)F)cc1Br. The van der Waals surface area contributed by atoms with Gasteiger partial charge in [-0.15, -0.1) is 0 Å². The van der Waals surface area contributed by atoms with Crippen LogP contribution in [0.1, 0.15) is 194 Å². The van der Waals surface area contributed by atoms with Crippen LogP contribution in [0.15, 0.2) is 129 Å². The number of nitriles is 1. The van der Waals surface area contributed by atoms with Crippen LogP contribution in [0.3, 0.4) is 0 Å². The molecule has 0 saturated carbocycles. The van der Waals surface area contributed by atoms with Gasteiger partial charge in [0, 0.05) is 20.0 Å². The van der Waals surface area contributed by atoms with Gasteiger partial charge in [0.2, 0.25) is 0 Å². The van der Waals surface area contributed by atoms with Gasteiger partial charge in [-0.2, -0.15) is 84.3 Å². The molecule has 0 unspecified atom stereocenters. The van der Waals surface area contributed by atoms with Gasteiger partial charge < -0.3 is 77.7 Å². The topological polar surface area (TPSA) is 331 Å². The van der Waals surface area contributed by atoms with Gasteiger partial charge in [-0.1, -0.05) is 74.2 Å². The van der Waals surface area contributed by atoms with E-state index in [4.69, 9.17) is 71.6 Å². The Kier molecular flexibility index (Phi) is 58.3. The number of phenols is 2. The zero-order chi connectivity index (χ0) is 116. The van der Waals surface area contributed by atoms with Crippen LogP contribution in [0.5, 0.6) is 34.5 Å². The predicted molar refractivity (Wildman–Crippen MR) is 537 cm³/mol. The van der Waals surface area contributed by atoms with E-state index in [-0.39, 0.29) is 118 Å². The van der Waals surface area contributed by atoms with Crippen LogP contribution in [0.25, 0.3) is 0 Å². The minimum atomic E-state index is -5.35. The number of aliphatic hydroxyl groups excluding tert-OH is 1. The number of aromatic hydroxyl groups is 2. The average Bonchev–Trinajstić information content (AvgIpc) is 0.826. The number of rotatable bonds is 29. The molecule has 0 aliphatic rings. The standard InChI is InChI=1S/C23H38F3NO4Si.C23H34F3NO4Si.C17H24F3NO4.C15H22BrF3O2Si.C7H4BrF3O.C7H5F3O.C2H3N.CHBF3NO3S2/c2*1-21(2,3)31-20(28)27-13-9-10-17-16-18(23(24,25)26)11-12-19(17)29-14-15-30-32(7,8)22(4,5)6;1-16(2,3)25-15(23)21-8-4-5-12-11-13(17(18,19)20)6-7-14(12)24-10-9-22;1-14(2,3)22(4,5)21-9-8-20-13-7-6-11(10-12(13)16)15(17,18)19;8-5-3-4(7(9,10)11)1-2-6(5)12;8-7(9,10)5-1-3-6(11)4-2-5;1-2-3;3-1(4,5)11(8,9)2-6-10-7/h11-12,16H,9-10,13-15H2,1-8H3,(H,27,28);11-12,16H,13-15H2,1-8H3,(H,27,28);6-7,11,22H,4-5,8-10H2,1-3H3,(H,21,23);6-7,10H,8-9H2,1-5H3;1-3,12H;1-4,11H;1H3;7H. The minimum absolute atomic E-state index is 0.00543. The number of nitrogens with one attached hydrogen (secondary N) is 3. The predicted octanol–water partition coefficient (Wildman–Crippen LogP) is 28.9. The molecule has 0 saturated heterocycles. The van der Waals surface area contributed by atoms with Crippen LogP contribution >= 0.6 is 44.1 Å². The first-order chi connectivity index (χ1) is 66.8. The maximum atomic E-state index is 13.2. The van der Waals surface area contributed by atoms with Crippen molar-refractivity contribution < 1.29 is 181 Å². The summed E-state index contributed by atoms with van der Waals surface area (Å²) in [5, 5.41) is 41.5. The number of nitrogens with zero attached hydrogens (tertiary/aromatic N) is 2. The molecule has 0 aliphatic carbocycles. The van der Waals surface area contributed by atoms with Gasteiger partial charge in [0.1, 0.15) is 77.7 Å². The molecule has 0 spiro atoms. The molecule has 0 bridgehead atoms. The molecule has 0 atom stereocenters. The average molecular weight is 2370 g/mol. The number of hydrogen-bond acceptors (Lipinski definition) is 22. The van der Waals surface area contributed by atoms with Crippen molar-refractivity contribution in [3.05, 3.63) is 174 Å². The summed E-state index contributed by atoms with van der Waals surface area (Å²) < 4.78 is 347. The van der Waals surface area contributed by atoms with Gasteiger partial charge >= 0.3 is 120 Å². The normalized spacial score (nSPS) is 12.4. The van der Waals surface area contributed by atoms with E-state index in [0.717, 1.165) is 91.0 Å². The summed E-state index contributed by atoms with van der Waals surface area (Å²) in [6.07, 6.45) is -27.1. The Morgan fingerprint density at radius 2 is 0.709 bits per heavy atom. The number of carbonyl (C=O) groups excluding carboxylic acids is 3. The number of phenolic OH excluding ortho intramolecular Hbond substituents is 2. The van der Waals surface area contributed by atoms with Crippen molar-refractivity contribution in [3.63, 3.8) is 0 Å². The van der Waals surface area contributed by atoms with E-state index in [1.165, 1.54) is 31.2 Å². The van der Waals surface area contributed by atoms with E-state index in [1.807, 2.05) is 0 Å². The van der Waals surface area contributed by atoms with E-state index in [0.29, 0.717) is 74.1 Å². The summed E-state index contributed by atoms with van der Waals surface area (Å²) in [6, 6.07) is 21.2. The van der Waals surface area contributed by atoms with Crippen molar-refractivity contribution in [1.29, 1.82) is 5.26 Å². The molecule has 6 aromatic rings. The number of benzene rings is 6. The van der Waals surface area contributed by atoms with Gasteiger partial charge in [0.25, 0.3) is 0 Å². The van der Waals surface area contributed by atoms with Crippen molar-refractivity contribution in [2.75, 3.05) is 72.5 Å². The number of ether oxygens (including phenoxy) is 7. The zero-order valence-electron chi connectivity index (χ0n) is 86.5. The van der Waals surface area contributed by atoms with E-state index in [9.17, 15) is 115 Å². The van der Waals surface area contributed by atoms with Crippen LogP contribution in [-0.2, 0) is 87.1 Å². The Morgan fingerprint density at radius 3 is 1.02 bits per heavy atom. The first-order valence-corrected chi connectivity index (χ1v) is 57.2. The van der Waals surface area contributed by atoms with Crippen molar-refractivity contribution in [3.8, 4) is 52.4 Å². The van der Waals surface area contributed by atoms with E-state index in [2.05, 4.69) is 166 Å². The van der Waals surface area contributed by atoms with Crippen molar-refractivity contribution in [1.82, 2.24) is 16.0 Å². The summed E-state index contributed by atoms with van der Waals surface area (Å²) >= 11 is 5.53. The summed E-state index contributed by atoms with van der Waals surface area (Å²) in [4.78, 5) is 34.9. The first kappa shape index (κ1) is 141. The molecule has 0 fully saturated rings. The Labute approximate surface area is 875 Å². The first-order valence-electron chi connectivity index (χ1n) is 44.6. The smallest absolute Gasteiger partial charge is 0.416 e. The van der Waals surface area contributed by atoms with Crippen molar-refractivity contribution >= 4 is 103 Å². The second-order valence-corrected chi connectivity index (χ2v) is 57.1. The van der Waals surface area contributed by atoms with E-state index < -0.39 is 146 Å². The number of aliphatic hydroxyl groups is 1. The molecule has 7 N–H and O–H groups in total. The summed E-state index contributed by atoms with van der Waals surface area (Å²) in [7, 11) is -11.0. The number of aryl methyl sites for hydroxylation is 2. The molecule has 0 radical (unpaired) electrons. The fourth-order valence-electron chi connectivity index (χ4n) is 9.66. The third-order valence-corrected chi connectivity index (χ3v) is 36.3. The van der Waals surface area contributed by atoms with Gasteiger partial charge in [0.15, 0.2) is 25.0 Å². The van der Waals surface area contributed by atoms with Crippen LogP contribution in [0, 0.1) is 23.2 Å². The molecule has 148 heavy (non-hydrogen) atoms.